The van der Waals surface area contributed by atoms with Gasteiger partial charge in [-0.15, -0.1) is 11.3 Å². The number of hydrogen-bond donors (Lipinski definition) is 1. The van der Waals surface area contributed by atoms with Crippen LogP contribution in [0.15, 0.2) is 18.2 Å². The van der Waals surface area contributed by atoms with Gasteiger partial charge >= 0.3 is 0 Å². The van der Waals surface area contributed by atoms with Gasteiger partial charge in [0.1, 0.15) is 22.6 Å². The molecule has 168 valence electrons. The number of anilines is 1. The van der Waals surface area contributed by atoms with E-state index in [4.69, 9.17) is 9.47 Å². The number of benzene rings is 1. The first-order chi connectivity index (χ1) is 14.5. The summed E-state index contributed by atoms with van der Waals surface area (Å²) in [6.07, 6.45) is 0. The van der Waals surface area contributed by atoms with Gasteiger partial charge in [-0.25, -0.2) is 0 Å². The molecule has 2 rings (SSSR count). The van der Waals surface area contributed by atoms with Gasteiger partial charge in [0.2, 0.25) is 0 Å². The summed E-state index contributed by atoms with van der Waals surface area (Å²) in [5, 5.41) is 13.5. The van der Waals surface area contributed by atoms with E-state index < -0.39 is 0 Å². The standard InChI is InChI=1S/C16H18N2O2S.C3H6O2.2C2H6/c1-10-11(2)21-16(14(10)8-17)18-9-12-5-6-13(19-3)7-15(12)20-4;1-2-5-3-4;2*1-2/h5-7,18H,9H2,1-4H3;3H,2H2,1H3;2*1-2H3. The van der Waals surface area contributed by atoms with E-state index in [1.165, 1.54) is 0 Å². The molecule has 0 bridgehead atoms. The van der Waals surface area contributed by atoms with Crippen molar-refractivity contribution in [3.63, 3.8) is 0 Å². The molecule has 0 aliphatic heterocycles. The molecule has 6 nitrogen and oxygen atoms in total. The Hall–Kier alpha value is -2.72. The van der Waals surface area contributed by atoms with Crippen molar-refractivity contribution in [2.75, 3.05) is 26.1 Å². The molecule has 0 spiro atoms. The Morgan fingerprint density at radius 2 is 1.77 bits per heavy atom. The smallest absolute Gasteiger partial charge is 0.293 e. The summed E-state index contributed by atoms with van der Waals surface area (Å²) in [5.41, 5.74) is 2.79. The van der Waals surface area contributed by atoms with Gasteiger partial charge in [0.15, 0.2) is 0 Å². The Bertz CT molecular complexity index is 767. The minimum absolute atomic E-state index is 0.431. The third-order valence-corrected chi connectivity index (χ3v) is 4.83. The average molecular weight is 437 g/mol. The van der Waals surface area contributed by atoms with Crippen LogP contribution >= 0.6 is 11.3 Å². The number of thiophene rings is 1. The second kappa shape index (κ2) is 18.3. The molecule has 0 aliphatic carbocycles. The van der Waals surface area contributed by atoms with Crippen LogP contribution in [0.2, 0.25) is 0 Å². The van der Waals surface area contributed by atoms with Gasteiger partial charge in [0.05, 0.1) is 26.4 Å². The lowest BCUT2D eigenvalue weighted by Crippen LogP contribution is -2.02. The first-order valence-corrected chi connectivity index (χ1v) is 10.8. The van der Waals surface area contributed by atoms with Crippen LogP contribution in [0.1, 0.15) is 56.2 Å². The number of aryl methyl sites for hydroxylation is 1. The topological polar surface area (TPSA) is 80.6 Å². The summed E-state index contributed by atoms with van der Waals surface area (Å²) in [6.45, 7) is 15.3. The lowest BCUT2D eigenvalue weighted by molar-refractivity contribution is -0.128. The second-order valence-electron chi connectivity index (χ2n) is 5.18. The molecular weight excluding hydrogens is 400 g/mol. The van der Waals surface area contributed by atoms with Crippen molar-refractivity contribution in [2.45, 2.75) is 55.0 Å². The number of rotatable bonds is 7. The maximum Gasteiger partial charge on any atom is 0.293 e. The van der Waals surface area contributed by atoms with Gasteiger partial charge in [0, 0.05) is 23.1 Å². The van der Waals surface area contributed by atoms with Crippen molar-refractivity contribution in [1.82, 2.24) is 0 Å². The van der Waals surface area contributed by atoms with E-state index in [1.54, 1.807) is 32.5 Å². The molecule has 2 aromatic rings. The SMILES string of the molecule is CC.CC.CCOC=O.COc1ccc(CNc2sc(C)c(C)c2C#N)c(OC)c1. The first kappa shape index (κ1) is 29.5. The van der Waals surface area contributed by atoms with Gasteiger partial charge in [-0.05, 0) is 38.5 Å². The van der Waals surface area contributed by atoms with E-state index in [2.05, 4.69) is 16.1 Å². The molecule has 7 heteroatoms. The zero-order valence-corrected chi connectivity index (χ0v) is 20.5. The summed E-state index contributed by atoms with van der Waals surface area (Å²) in [5.74, 6) is 1.53. The first-order valence-electron chi connectivity index (χ1n) is 10.0. The molecule has 1 heterocycles. The van der Waals surface area contributed by atoms with Gasteiger partial charge in [-0.2, -0.15) is 5.26 Å². The van der Waals surface area contributed by atoms with Crippen molar-refractivity contribution in [1.29, 1.82) is 5.26 Å². The number of nitrogens with one attached hydrogen (secondary N) is 1. The second-order valence-corrected chi connectivity index (χ2v) is 6.41. The number of hydrogen-bond acceptors (Lipinski definition) is 7. The molecule has 30 heavy (non-hydrogen) atoms. The Labute approximate surface area is 185 Å². The van der Waals surface area contributed by atoms with Gasteiger partial charge in [0.25, 0.3) is 6.47 Å². The van der Waals surface area contributed by atoms with Crippen LogP contribution in [0.4, 0.5) is 5.00 Å². The zero-order chi connectivity index (χ0) is 23.5. The Kier molecular flexibility index (Phi) is 18.0. The Morgan fingerprint density at radius 1 is 1.13 bits per heavy atom. The van der Waals surface area contributed by atoms with Gasteiger partial charge < -0.3 is 19.5 Å². The monoisotopic (exact) mass is 436 g/mol. The fourth-order valence-corrected chi connectivity index (χ4v) is 3.13. The maximum absolute atomic E-state index is 9.25. The molecule has 0 unspecified atom stereocenters. The molecular formula is C23H36N2O4S. The van der Waals surface area contributed by atoms with Crippen LogP contribution < -0.4 is 14.8 Å². The quantitative estimate of drug-likeness (QED) is 0.528. The zero-order valence-electron chi connectivity index (χ0n) is 19.7. The van der Waals surface area contributed by atoms with E-state index >= 15 is 0 Å². The van der Waals surface area contributed by atoms with E-state index in [-0.39, 0.29) is 0 Å². The maximum atomic E-state index is 9.25. The molecule has 0 saturated heterocycles. The highest BCUT2D eigenvalue weighted by molar-refractivity contribution is 7.16. The average Bonchev–Trinajstić information content (AvgIpc) is 3.08. The van der Waals surface area contributed by atoms with Crippen LogP contribution in [0, 0.1) is 25.2 Å². The highest BCUT2D eigenvalue weighted by atomic mass is 32.1. The lowest BCUT2D eigenvalue weighted by atomic mass is 10.1. The third-order valence-electron chi connectivity index (χ3n) is 3.67. The van der Waals surface area contributed by atoms with E-state index in [9.17, 15) is 10.1 Å². The largest absolute Gasteiger partial charge is 0.497 e. The summed E-state index contributed by atoms with van der Waals surface area (Å²) < 4.78 is 14.7. The molecule has 1 N–H and O–H groups in total. The Balaban J connectivity index is 0. The summed E-state index contributed by atoms with van der Waals surface area (Å²) >= 11 is 1.61. The van der Waals surface area contributed by atoms with Crippen molar-refractivity contribution in [3.05, 3.63) is 39.8 Å². The normalized spacial score (nSPS) is 8.53. The van der Waals surface area contributed by atoms with Crippen LogP contribution in [0.5, 0.6) is 11.5 Å². The molecule has 0 radical (unpaired) electrons. The summed E-state index contributed by atoms with van der Waals surface area (Å²) in [7, 11) is 3.27. The number of nitrogens with zero attached hydrogens (tertiary/aromatic N) is 1. The highest BCUT2D eigenvalue weighted by Gasteiger charge is 2.13. The van der Waals surface area contributed by atoms with Crippen LogP contribution in [0.25, 0.3) is 0 Å². The fourth-order valence-electron chi connectivity index (χ4n) is 2.13. The van der Waals surface area contributed by atoms with Gasteiger partial charge in [-0.3, -0.25) is 4.79 Å². The molecule has 0 aliphatic rings. The Morgan fingerprint density at radius 3 is 2.20 bits per heavy atom. The number of nitriles is 1. The lowest BCUT2D eigenvalue weighted by Gasteiger charge is -2.11. The van der Waals surface area contributed by atoms with Gasteiger partial charge in [-0.1, -0.05) is 27.7 Å². The number of carbonyl (C=O) groups excluding carboxylic acids is 1. The summed E-state index contributed by atoms with van der Waals surface area (Å²) in [6, 6.07) is 7.98. The minimum atomic E-state index is 0.431. The molecule has 0 saturated carbocycles. The van der Waals surface area contributed by atoms with E-state index in [1.807, 2.05) is 59.7 Å². The van der Waals surface area contributed by atoms with Crippen molar-refractivity contribution in [3.8, 4) is 17.6 Å². The molecule has 1 aromatic carbocycles. The third kappa shape index (κ3) is 9.66. The predicted octanol–water partition coefficient (Wildman–Crippen LogP) is 6.10. The molecule has 0 fully saturated rings. The van der Waals surface area contributed by atoms with E-state index in [0.717, 1.165) is 38.1 Å². The highest BCUT2D eigenvalue weighted by Crippen LogP contribution is 2.33. The van der Waals surface area contributed by atoms with Crippen LogP contribution in [0.3, 0.4) is 0 Å². The van der Waals surface area contributed by atoms with Crippen LogP contribution in [-0.2, 0) is 16.1 Å². The van der Waals surface area contributed by atoms with Crippen molar-refractivity contribution >= 4 is 22.8 Å². The number of carbonyl (C=O) groups is 1. The number of ether oxygens (including phenoxy) is 3. The predicted molar refractivity (Wildman–Crippen MR) is 126 cm³/mol. The number of methoxy groups -OCH3 is 2. The van der Waals surface area contributed by atoms with Crippen LogP contribution in [-0.4, -0.2) is 27.3 Å². The van der Waals surface area contributed by atoms with Crippen molar-refractivity contribution < 1.29 is 19.0 Å². The molecule has 0 amide bonds. The van der Waals surface area contributed by atoms with E-state index in [0.29, 0.717) is 19.6 Å². The molecule has 1 aromatic heterocycles. The fraction of sp³-hybridized carbons (Fsp3) is 0.478. The minimum Gasteiger partial charge on any atom is -0.497 e. The summed E-state index contributed by atoms with van der Waals surface area (Å²) in [4.78, 5) is 10.3. The molecule has 0 atom stereocenters. The van der Waals surface area contributed by atoms with Crippen molar-refractivity contribution in [2.24, 2.45) is 0 Å².